The number of aryl methyl sites for hydroxylation is 1. The molecule has 0 atom stereocenters. The molecular weight excluding hydrogens is 428 g/mol. The van der Waals surface area contributed by atoms with Crippen LogP contribution in [0.3, 0.4) is 0 Å². The Morgan fingerprint density at radius 1 is 0.941 bits per heavy atom. The van der Waals surface area contributed by atoms with E-state index in [4.69, 9.17) is 0 Å². The minimum absolute atomic E-state index is 0.0524. The van der Waals surface area contributed by atoms with Crippen molar-refractivity contribution < 1.29 is 9.72 Å². The molecule has 3 aromatic rings. The molecule has 0 spiro atoms. The fourth-order valence-electron chi connectivity index (χ4n) is 4.27. The van der Waals surface area contributed by atoms with Gasteiger partial charge in [-0.05, 0) is 41.8 Å². The van der Waals surface area contributed by atoms with Gasteiger partial charge in [0.25, 0.3) is 11.6 Å². The number of hydrogen-bond donors (Lipinski definition) is 1. The fraction of sp³-hybridized carbons (Fsp3) is 0.296. The fourth-order valence-corrected chi connectivity index (χ4v) is 4.27. The Hall–Kier alpha value is -3.87. The first-order valence-corrected chi connectivity index (χ1v) is 11.7. The summed E-state index contributed by atoms with van der Waals surface area (Å²) in [6, 6.07) is 22.9. The lowest BCUT2D eigenvalue weighted by Crippen LogP contribution is -2.48. The summed E-state index contributed by atoms with van der Waals surface area (Å²) in [5.74, 6) is 0.0524. The molecule has 7 heteroatoms. The van der Waals surface area contributed by atoms with Gasteiger partial charge in [-0.1, -0.05) is 55.8 Å². The predicted octanol–water partition coefficient (Wildman–Crippen LogP) is 5.12. The van der Waals surface area contributed by atoms with Gasteiger partial charge in [0.1, 0.15) is 5.69 Å². The lowest BCUT2D eigenvalue weighted by molar-refractivity contribution is -0.384. The van der Waals surface area contributed by atoms with Crippen LogP contribution in [0.15, 0.2) is 72.8 Å². The van der Waals surface area contributed by atoms with Crippen molar-refractivity contribution in [3.8, 4) is 0 Å². The van der Waals surface area contributed by atoms with Gasteiger partial charge >= 0.3 is 0 Å². The van der Waals surface area contributed by atoms with Crippen LogP contribution in [-0.4, -0.2) is 41.9 Å². The number of nitro groups is 1. The molecule has 4 rings (SSSR count). The lowest BCUT2D eigenvalue weighted by atomic mass is 10.1. The average molecular weight is 459 g/mol. The number of anilines is 2. The van der Waals surface area contributed by atoms with Crippen LogP contribution in [0.25, 0.3) is 0 Å². The second-order valence-electron chi connectivity index (χ2n) is 8.52. The molecule has 0 aromatic heterocycles. The smallest absolute Gasteiger partial charge is 0.292 e. The van der Waals surface area contributed by atoms with Crippen LogP contribution in [0.4, 0.5) is 17.1 Å². The summed E-state index contributed by atoms with van der Waals surface area (Å²) in [6.45, 7) is 5.22. The summed E-state index contributed by atoms with van der Waals surface area (Å²) in [6.07, 6.45) is 2.10. The zero-order chi connectivity index (χ0) is 23.9. The van der Waals surface area contributed by atoms with Gasteiger partial charge < -0.3 is 15.1 Å². The molecule has 0 bridgehead atoms. The van der Waals surface area contributed by atoms with Gasteiger partial charge in [-0.2, -0.15) is 0 Å². The maximum Gasteiger partial charge on any atom is 0.292 e. The van der Waals surface area contributed by atoms with E-state index < -0.39 is 0 Å². The number of amides is 1. The Morgan fingerprint density at radius 3 is 2.29 bits per heavy atom. The van der Waals surface area contributed by atoms with E-state index in [-0.39, 0.29) is 16.5 Å². The SMILES string of the molecule is CCCc1ccc(C(=O)N2CCN(c3ccc([N+](=O)[O-])c(NCc4ccccc4)c3)CC2)cc1. The third-order valence-corrected chi connectivity index (χ3v) is 6.17. The van der Waals surface area contributed by atoms with Crippen molar-refractivity contribution >= 4 is 23.0 Å². The molecule has 0 aliphatic carbocycles. The van der Waals surface area contributed by atoms with E-state index in [2.05, 4.69) is 17.1 Å². The van der Waals surface area contributed by atoms with Gasteiger partial charge in [0.15, 0.2) is 0 Å². The van der Waals surface area contributed by atoms with Gasteiger partial charge in [-0.25, -0.2) is 0 Å². The quantitative estimate of drug-likeness (QED) is 0.374. The number of benzene rings is 3. The zero-order valence-electron chi connectivity index (χ0n) is 19.4. The third kappa shape index (κ3) is 5.54. The van der Waals surface area contributed by atoms with Crippen molar-refractivity contribution in [3.63, 3.8) is 0 Å². The van der Waals surface area contributed by atoms with Crippen molar-refractivity contribution in [2.24, 2.45) is 0 Å². The largest absolute Gasteiger partial charge is 0.375 e. The van der Waals surface area contributed by atoms with Crippen LogP contribution in [0.1, 0.15) is 34.8 Å². The molecule has 34 heavy (non-hydrogen) atoms. The molecule has 1 aliphatic heterocycles. The summed E-state index contributed by atoms with van der Waals surface area (Å²) in [4.78, 5) is 28.2. The summed E-state index contributed by atoms with van der Waals surface area (Å²) in [7, 11) is 0. The highest BCUT2D eigenvalue weighted by atomic mass is 16.6. The van der Waals surface area contributed by atoms with Crippen molar-refractivity contribution in [1.82, 2.24) is 4.90 Å². The molecule has 1 amide bonds. The Balaban J connectivity index is 1.41. The molecule has 3 aromatic carbocycles. The van der Waals surface area contributed by atoms with Crippen LogP contribution >= 0.6 is 0 Å². The van der Waals surface area contributed by atoms with Crippen molar-refractivity contribution in [1.29, 1.82) is 0 Å². The molecule has 0 unspecified atom stereocenters. The maximum atomic E-state index is 12.9. The summed E-state index contributed by atoms with van der Waals surface area (Å²) < 4.78 is 0. The second-order valence-corrected chi connectivity index (χ2v) is 8.52. The Labute approximate surface area is 200 Å². The molecule has 1 saturated heterocycles. The van der Waals surface area contributed by atoms with Crippen LogP contribution in [0, 0.1) is 10.1 Å². The van der Waals surface area contributed by atoms with Crippen molar-refractivity contribution in [2.75, 3.05) is 36.4 Å². The number of piperazine rings is 1. The first kappa shape index (κ1) is 23.3. The minimum atomic E-state index is -0.362. The molecule has 0 saturated carbocycles. The maximum absolute atomic E-state index is 12.9. The van der Waals surface area contributed by atoms with E-state index in [0.29, 0.717) is 38.4 Å². The molecule has 1 heterocycles. The molecule has 1 aliphatic rings. The number of carbonyl (C=O) groups excluding carboxylic acids is 1. The number of nitro benzene ring substituents is 1. The normalized spacial score (nSPS) is 13.6. The average Bonchev–Trinajstić information content (AvgIpc) is 2.88. The van der Waals surface area contributed by atoms with E-state index in [1.165, 1.54) is 5.56 Å². The minimum Gasteiger partial charge on any atom is -0.375 e. The van der Waals surface area contributed by atoms with Crippen LogP contribution < -0.4 is 10.2 Å². The number of rotatable bonds is 8. The van der Waals surface area contributed by atoms with E-state index in [1.807, 2.05) is 65.6 Å². The molecule has 176 valence electrons. The number of carbonyl (C=O) groups is 1. The third-order valence-electron chi connectivity index (χ3n) is 6.17. The van der Waals surface area contributed by atoms with E-state index in [0.717, 1.165) is 29.7 Å². The molecule has 7 nitrogen and oxygen atoms in total. The monoisotopic (exact) mass is 458 g/mol. The van der Waals surface area contributed by atoms with Gasteiger partial charge in [0.05, 0.1) is 4.92 Å². The summed E-state index contributed by atoms with van der Waals surface area (Å²) >= 11 is 0. The van der Waals surface area contributed by atoms with Gasteiger partial charge in [0, 0.05) is 50.0 Å². The van der Waals surface area contributed by atoms with Gasteiger partial charge in [-0.15, -0.1) is 0 Å². The number of nitrogens with one attached hydrogen (secondary N) is 1. The van der Waals surface area contributed by atoms with Crippen molar-refractivity contribution in [2.45, 2.75) is 26.3 Å². The topological polar surface area (TPSA) is 78.7 Å². The molecule has 1 fully saturated rings. The second kappa shape index (κ2) is 10.8. The van der Waals surface area contributed by atoms with E-state index in [9.17, 15) is 14.9 Å². The van der Waals surface area contributed by atoms with Crippen molar-refractivity contribution in [3.05, 3.63) is 99.6 Å². The highest BCUT2D eigenvalue weighted by molar-refractivity contribution is 5.94. The highest BCUT2D eigenvalue weighted by Gasteiger charge is 2.24. The Kier molecular flexibility index (Phi) is 7.42. The van der Waals surface area contributed by atoms with Crippen LogP contribution in [0.5, 0.6) is 0 Å². The summed E-state index contributed by atoms with van der Waals surface area (Å²) in [5.41, 5.74) is 4.49. The first-order chi connectivity index (χ1) is 16.5. The van der Waals surface area contributed by atoms with Crippen LogP contribution in [0.2, 0.25) is 0 Å². The van der Waals surface area contributed by atoms with Gasteiger partial charge in [-0.3, -0.25) is 14.9 Å². The molecule has 0 radical (unpaired) electrons. The standard InChI is InChI=1S/C27H30N4O3/c1-2-6-21-9-11-23(12-10-21)27(32)30-17-15-29(16-18-30)24-13-14-26(31(33)34)25(19-24)28-20-22-7-4-3-5-8-22/h3-5,7-14,19,28H,2,6,15-18,20H2,1H3. The van der Waals surface area contributed by atoms with Gasteiger partial charge in [0.2, 0.25) is 0 Å². The highest BCUT2D eigenvalue weighted by Crippen LogP contribution is 2.30. The van der Waals surface area contributed by atoms with Crippen LogP contribution in [-0.2, 0) is 13.0 Å². The van der Waals surface area contributed by atoms with E-state index in [1.54, 1.807) is 12.1 Å². The number of nitrogens with zero attached hydrogens (tertiary/aromatic N) is 3. The zero-order valence-corrected chi connectivity index (χ0v) is 19.4. The predicted molar refractivity (Wildman–Crippen MR) is 135 cm³/mol. The lowest BCUT2D eigenvalue weighted by Gasteiger charge is -2.36. The Morgan fingerprint density at radius 2 is 1.65 bits per heavy atom. The summed E-state index contributed by atoms with van der Waals surface area (Å²) in [5, 5.41) is 14.8. The Bertz CT molecular complexity index is 1120. The number of hydrogen-bond acceptors (Lipinski definition) is 5. The van der Waals surface area contributed by atoms with E-state index >= 15 is 0 Å². The molecular formula is C27H30N4O3. The molecule has 1 N–H and O–H groups in total. The first-order valence-electron chi connectivity index (χ1n) is 11.7.